The standard InChI is InChI=1S/C24H30FN5O2.HI/c1-4-26-23(28-17-24(2,31)20-14-29-30(3)15-20)27-13-18-8-10-22(11-9-18)32-16-19-6-5-7-21(25)12-19;/h5-12,14-15,31H,4,13,16-17H2,1-3H3,(H2,26,27,28);1H. The summed E-state index contributed by atoms with van der Waals surface area (Å²) in [6, 6.07) is 14.0. The predicted molar refractivity (Wildman–Crippen MR) is 138 cm³/mol. The minimum Gasteiger partial charge on any atom is -0.489 e. The van der Waals surface area contributed by atoms with Gasteiger partial charge in [0.05, 0.1) is 19.3 Å². The van der Waals surface area contributed by atoms with Crippen LogP contribution in [-0.2, 0) is 25.8 Å². The van der Waals surface area contributed by atoms with Gasteiger partial charge in [-0.15, -0.1) is 24.0 Å². The molecule has 3 aromatic rings. The molecule has 0 aliphatic carbocycles. The zero-order chi connectivity index (χ0) is 23.0. The van der Waals surface area contributed by atoms with Crippen LogP contribution in [0, 0.1) is 5.82 Å². The monoisotopic (exact) mass is 567 g/mol. The van der Waals surface area contributed by atoms with Gasteiger partial charge in [0.2, 0.25) is 0 Å². The van der Waals surface area contributed by atoms with Crippen LogP contribution in [0.5, 0.6) is 5.75 Å². The molecule has 1 unspecified atom stereocenters. The van der Waals surface area contributed by atoms with Crippen molar-refractivity contribution in [1.82, 2.24) is 20.4 Å². The van der Waals surface area contributed by atoms with Crippen LogP contribution >= 0.6 is 24.0 Å². The molecule has 0 saturated carbocycles. The second kappa shape index (κ2) is 12.5. The Morgan fingerprint density at radius 2 is 1.94 bits per heavy atom. The van der Waals surface area contributed by atoms with E-state index in [1.807, 2.05) is 44.3 Å². The summed E-state index contributed by atoms with van der Waals surface area (Å²) in [4.78, 5) is 4.60. The first-order valence-electron chi connectivity index (χ1n) is 10.6. The molecule has 0 aliphatic rings. The van der Waals surface area contributed by atoms with E-state index in [-0.39, 0.29) is 36.3 Å². The van der Waals surface area contributed by atoms with Crippen molar-refractivity contribution < 1.29 is 14.2 Å². The molecule has 7 nitrogen and oxygen atoms in total. The Labute approximate surface area is 211 Å². The normalized spacial score (nSPS) is 13.1. The number of aliphatic imine (C=N–C) groups is 1. The highest BCUT2D eigenvalue weighted by Gasteiger charge is 2.24. The van der Waals surface area contributed by atoms with Crippen molar-refractivity contribution >= 4 is 29.9 Å². The van der Waals surface area contributed by atoms with E-state index in [0.717, 1.165) is 16.7 Å². The Hall–Kier alpha value is -2.66. The third kappa shape index (κ3) is 8.32. The number of halogens is 2. The molecule has 0 spiro atoms. The van der Waals surface area contributed by atoms with Crippen molar-refractivity contribution in [3.05, 3.63) is 83.4 Å². The van der Waals surface area contributed by atoms with Crippen molar-refractivity contribution in [1.29, 1.82) is 0 Å². The Morgan fingerprint density at radius 1 is 1.18 bits per heavy atom. The first-order valence-corrected chi connectivity index (χ1v) is 10.6. The van der Waals surface area contributed by atoms with Crippen molar-refractivity contribution in [3.63, 3.8) is 0 Å². The van der Waals surface area contributed by atoms with Gasteiger partial charge >= 0.3 is 0 Å². The number of nitrogens with one attached hydrogen (secondary N) is 2. The van der Waals surface area contributed by atoms with Gasteiger partial charge in [-0.05, 0) is 49.2 Å². The van der Waals surface area contributed by atoms with Gasteiger partial charge < -0.3 is 20.5 Å². The summed E-state index contributed by atoms with van der Waals surface area (Å²) in [6.45, 7) is 5.49. The summed E-state index contributed by atoms with van der Waals surface area (Å²) < 4.78 is 20.6. The average Bonchev–Trinajstić information content (AvgIpc) is 3.22. The lowest BCUT2D eigenvalue weighted by molar-refractivity contribution is 0.0616. The van der Waals surface area contributed by atoms with E-state index in [2.05, 4.69) is 20.7 Å². The van der Waals surface area contributed by atoms with Gasteiger partial charge in [-0.3, -0.25) is 4.68 Å². The molecule has 0 bridgehead atoms. The maximum absolute atomic E-state index is 13.3. The number of guanidine groups is 1. The quantitative estimate of drug-likeness (QED) is 0.209. The third-order valence-corrected chi connectivity index (χ3v) is 4.91. The average molecular weight is 567 g/mol. The van der Waals surface area contributed by atoms with E-state index in [4.69, 9.17) is 4.74 Å². The SMILES string of the molecule is CCNC(=NCc1ccc(OCc2cccc(F)c2)cc1)NCC(C)(O)c1cnn(C)c1.I. The lowest BCUT2D eigenvalue weighted by Gasteiger charge is -2.23. The molecule has 1 aromatic heterocycles. The van der Waals surface area contributed by atoms with E-state index in [0.29, 0.717) is 31.4 Å². The summed E-state index contributed by atoms with van der Waals surface area (Å²) in [5.74, 6) is 1.05. The summed E-state index contributed by atoms with van der Waals surface area (Å²) in [7, 11) is 1.82. The lowest BCUT2D eigenvalue weighted by atomic mass is 10.00. The number of rotatable bonds is 9. The zero-order valence-electron chi connectivity index (χ0n) is 19.1. The Morgan fingerprint density at radius 3 is 2.58 bits per heavy atom. The molecule has 0 radical (unpaired) electrons. The minimum atomic E-state index is -1.08. The van der Waals surface area contributed by atoms with Gasteiger partial charge in [0, 0.05) is 25.4 Å². The van der Waals surface area contributed by atoms with E-state index in [1.54, 1.807) is 30.1 Å². The van der Waals surface area contributed by atoms with Gasteiger partial charge in [0.1, 0.15) is 23.8 Å². The third-order valence-electron chi connectivity index (χ3n) is 4.91. The highest BCUT2D eigenvalue weighted by atomic mass is 127. The number of hydrogen-bond donors (Lipinski definition) is 3. The van der Waals surface area contributed by atoms with Crippen LogP contribution in [0.25, 0.3) is 0 Å². The van der Waals surface area contributed by atoms with Gasteiger partial charge in [0.15, 0.2) is 5.96 Å². The number of hydrogen-bond acceptors (Lipinski definition) is 4. The maximum atomic E-state index is 13.3. The molecule has 3 N–H and O–H groups in total. The first kappa shape index (κ1) is 26.6. The van der Waals surface area contributed by atoms with E-state index >= 15 is 0 Å². The van der Waals surface area contributed by atoms with E-state index in [1.165, 1.54) is 12.1 Å². The Balaban J connectivity index is 0.00000385. The number of benzene rings is 2. The number of nitrogens with zero attached hydrogens (tertiary/aromatic N) is 3. The summed E-state index contributed by atoms with van der Waals surface area (Å²) in [6.07, 6.45) is 3.45. The maximum Gasteiger partial charge on any atom is 0.191 e. The van der Waals surface area contributed by atoms with Crippen LogP contribution in [0.2, 0.25) is 0 Å². The predicted octanol–water partition coefficient (Wildman–Crippen LogP) is 3.72. The van der Waals surface area contributed by atoms with E-state index in [9.17, 15) is 9.50 Å². The minimum absolute atomic E-state index is 0. The number of aliphatic hydroxyl groups is 1. The Bertz CT molecular complexity index is 1040. The van der Waals surface area contributed by atoms with Gasteiger partial charge in [-0.25, -0.2) is 9.38 Å². The van der Waals surface area contributed by atoms with Crippen LogP contribution in [0.4, 0.5) is 4.39 Å². The summed E-state index contributed by atoms with van der Waals surface area (Å²) in [5, 5.41) is 21.2. The van der Waals surface area contributed by atoms with Gasteiger partial charge in [-0.1, -0.05) is 24.3 Å². The molecule has 1 heterocycles. The smallest absolute Gasteiger partial charge is 0.191 e. The fourth-order valence-electron chi connectivity index (χ4n) is 3.05. The molecular formula is C24H31FIN5O2. The van der Waals surface area contributed by atoms with Crippen molar-refractivity contribution in [2.75, 3.05) is 13.1 Å². The fraction of sp³-hybridized carbons (Fsp3) is 0.333. The van der Waals surface area contributed by atoms with Crippen LogP contribution in [0.3, 0.4) is 0 Å². The van der Waals surface area contributed by atoms with Crippen molar-refractivity contribution in [3.8, 4) is 5.75 Å². The molecule has 0 saturated heterocycles. The molecule has 178 valence electrons. The lowest BCUT2D eigenvalue weighted by Crippen LogP contribution is -2.44. The van der Waals surface area contributed by atoms with E-state index < -0.39 is 5.60 Å². The molecule has 0 aliphatic heterocycles. The van der Waals surface area contributed by atoms with Crippen molar-refractivity contribution in [2.45, 2.75) is 32.6 Å². The van der Waals surface area contributed by atoms with Crippen molar-refractivity contribution in [2.24, 2.45) is 12.0 Å². The van der Waals surface area contributed by atoms with Crippen LogP contribution in [0.1, 0.15) is 30.5 Å². The Kier molecular flexibility index (Phi) is 10.1. The number of ether oxygens (including phenoxy) is 1. The molecule has 1 atom stereocenters. The molecule has 3 rings (SSSR count). The van der Waals surface area contributed by atoms with Gasteiger partial charge in [-0.2, -0.15) is 5.10 Å². The molecule has 2 aromatic carbocycles. The van der Waals surface area contributed by atoms with Crippen LogP contribution in [-0.4, -0.2) is 33.9 Å². The molecule has 0 fully saturated rings. The van der Waals surface area contributed by atoms with Crippen LogP contribution in [0.15, 0.2) is 65.9 Å². The largest absolute Gasteiger partial charge is 0.489 e. The topological polar surface area (TPSA) is 83.7 Å². The summed E-state index contributed by atoms with van der Waals surface area (Å²) in [5.41, 5.74) is 1.45. The second-order valence-electron chi connectivity index (χ2n) is 7.79. The second-order valence-corrected chi connectivity index (χ2v) is 7.79. The number of aromatic nitrogens is 2. The highest BCUT2D eigenvalue weighted by Crippen LogP contribution is 2.18. The van der Waals surface area contributed by atoms with Gasteiger partial charge in [0.25, 0.3) is 0 Å². The van der Waals surface area contributed by atoms with Crippen LogP contribution < -0.4 is 15.4 Å². The zero-order valence-corrected chi connectivity index (χ0v) is 21.4. The molecule has 9 heteroatoms. The highest BCUT2D eigenvalue weighted by molar-refractivity contribution is 14.0. The molecule has 33 heavy (non-hydrogen) atoms. The first-order chi connectivity index (χ1) is 15.4. The molecule has 0 amide bonds. The fourth-order valence-corrected chi connectivity index (χ4v) is 3.05. The summed E-state index contributed by atoms with van der Waals surface area (Å²) >= 11 is 0. The number of aryl methyl sites for hydroxylation is 1. The molecular weight excluding hydrogens is 536 g/mol.